The maximum absolute atomic E-state index is 13.3. The average molecular weight is 267 g/mol. The summed E-state index contributed by atoms with van der Waals surface area (Å²) in [5.41, 5.74) is 6.76. The van der Waals surface area contributed by atoms with E-state index >= 15 is 0 Å². The number of anilines is 1. The van der Waals surface area contributed by atoms with Crippen molar-refractivity contribution in [2.75, 3.05) is 5.32 Å². The standard InChI is InChI=1S/C8H5F4N3OS/c9-2-1(7(13)16)3(10)5(12)6(4(2)11)15-8(14)17/h(H2,13,16)(H3,14,15,17). The molecule has 1 amide bonds. The number of carbonyl (C=O) groups excluding carboxylic acids is 1. The van der Waals surface area contributed by atoms with Crippen LogP contribution in [-0.2, 0) is 0 Å². The highest BCUT2D eigenvalue weighted by molar-refractivity contribution is 7.80. The average Bonchev–Trinajstić information content (AvgIpc) is 2.21. The molecular weight excluding hydrogens is 262 g/mol. The Hall–Kier alpha value is -1.90. The molecule has 1 aromatic carbocycles. The van der Waals surface area contributed by atoms with E-state index < -0.39 is 45.5 Å². The summed E-state index contributed by atoms with van der Waals surface area (Å²) in [6, 6.07) is 0. The molecule has 92 valence electrons. The van der Waals surface area contributed by atoms with E-state index in [-0.39, 0.29) is 0 Å². The molecule has 5 N–H and O–H groups in total. The van der Waals surface area contributed by atoms with Crippen LogP contribution >= 0.6 is 12.2 Å². The Morgan fingerprint density at radius 3 is 1.71 bits per heavy atom. The van der Waals surface area contributed by atoms with Crippen LogP contribution in [-0.4, -0.2) is 11.0 Å². The Morgan fingerprint density at radius 1 is 1.00 bits per heavy atom. The SMILES string of the molecule is NC(=O)c1c(F)c(F)c(NC(N)=S)c(F)c1F. The number of nitrogens with one attached hydrogen (secondary N) is 1. The van der Waals surface area contributed by atoms with Crippen molar-refractivity contribution in [2.45, 2.75) is 0 Å². The van der Waals surface area contributed by atoms with E-state index in [2.05, 4.69) is 18.0 Å². The Morgan fingerprint density at radius 2 is 1.41 bits per heavy atom. The zero-order valence-electron chi connectivity index (χ0n) is 7.98. The molecule has 0 aliphatic carbocycles. The van der Waals surface area contributed by atoms with Gasteiger partial charge in [0.2, 0.25) is 0 Å². The number of primary amides is 1. The first-order valence-corrected chi connectivity index (χ1v) is 4.40. The summed E-state index contributed by atoms with van der Waals surface area (Å²) in [5.74, 6) is -9.17. The first-order chi connectivity index (χ1) is 7.77. The maximum atomic E-state index is 13.3. The summed E-state index contributed by atoms with van der Waals surface area (Å²) in [4.78, 5) is 10.6. The number of hydrogen-bond acceptors (Lipinski definition) is 2. The van der Waals surface area contributed by atoms with Crippen molar-refractivity contribution < 1.29 is 22.4 Å². The minimum atomic E-state index is -1.92. The van der Waals surface area contributed by atoms with Crippen LogP contribution in [0.1, 0.15) is 10.4 Å². The van der Waals surface area contributed by atoms with Crippen molar-refractivity contribution in [1.82, 2.24) is 0 Å². The minimum Gasteiger partial charge on any atom is -0.376 e. The van der Waals surface area contributed by atoms with Crippen molar-refractivity contribution in [3.05, 3.63) is 28.8 Å². The number of amides is 1. The molecule has 0 aromatic heterocycles. The highest BCUT2D eigenvalue weighted by Crippen LogP contribution is 2.27. The molecule has 0 saturated carbocycles. The summed E-state index contributed by atoms with van der Waals surface area (Å²) in [7, 11) is 0. The molecular formula is C8H5F4N3OS. The zero-order valence-corrected chi connectivity index (χ0v) is 8.80. The molecule has 0 bridgehead atoms. The number of thiocarbonyl (C=S) groups is 1. The number of hydrogen-bond donors (Lipinski definition) is 3. The van der Waals surface area contributed by atoms with Crippen molar-refractivity contribution in [2.24, 2.45) is 11.5 Å². The molecule has 17 heavy (non-hydrogen) atoms. The quantitative estimate of drug-likeness (QED) is 0.424. The second kappa shape index (κ2) is 4.53. The smallest absolute Gasteiger partial charge is 0.254 e. The summed E-state index contributed by atoms with van der Waals surface area (Å²) < 4.78 is 52.9. The van der Waals surface area contributed by atoms with Gasteiger partial charge in [-0.15, -0.1) is 0 Å². The fourth-order valence-corrected chi connectivity index (χ4v) is 1.18. The van der Waals surface area contributed by atoms with Gasteiger partial charge in [0.05, 0.1) is 0 Å². The molecule has 0 saturated heterocycles. The summed E-state index contributed by atoms with van der Waals surface area (Å²) in [5, 5.41) is 1.11. The highest BCUT2D eigenvalue weighted by atomic mass is 32.1. The molecule has 0 aliphatic heterocycles. The van der Waals surface area contributed by atoms with Crippen LogP contribution in [0.5, 0.6) is 0 Å². The molecule has 0 aliphatic rings. The Labute approximate surface area is 97.6 Å². The molecule has 0 fully saturated rings. The third-order valence-electron chi connectivity index (χ3n) is 1.76. The van der Waals surface area contributed by atoms with Gasteiger partial charge in [0.15, 0.2) is 28.4 Å². The van der Waals surface area contributed by atoms with Crippen molar-refractivity contribution in [3.8, 4) is 0 Å². The van der Waals surface area contributed by atoms with Crippen LogP contribution in [0.25, 0.3) is 0 Å². The topological polar surface area (TPSA) is 81.1 Å². The van der Waals surface area contributed by atoms with Crippen LogP contribution in [0.4, 0.5) is 23.2 Å². The summed E-state index contributed by atoms with van der Waals surface area (Å²) in [6.07, 6.45) is 0. The lowest BCUT2D eigenvalue weighted by atomic mass is 10.1. The second-order valence-corrected chi connectivity index (χ2v) is 3.30. The molecule has 1 rings (SSSR count). The lowest BCUT2D eigenvalue weighted by molar-refractivity contribution is 0.0990. The van der Waals surface area contributed by atoms with Gasteiger partial charge in [-0.1, -0.05) is 0 Å². The van der Waals surface area contributed by atoms with E-state index in [1.54, 1.807) is 5.32 Å². The minimum absolute atomic E-state index is 0.603. The van der Waals surface area contributed by atoms with Crippen LogP contribution in [0, 0.1) is 23.3 Å². The number of rotatable bonds is 2. The van der Waals surface area contributed by atoms with Crippen LogP contribution in [0.15, 0.2) is 0 Å². The fourth-order valence-electron chi connectivity index (χ4n) is 1.08. The van der Waals surface area contributed by atoms with Crippen molar-refractivity contribution >= 4 is 28.9 Å². The van der Waals surface area contributed by atoms with E-state index in [1.807, 2.05) is 0 Å². The summed E-state index contributed by atoms with van der Waals surface area (Å²) in [6.45, 7) is 0. The molecule has 0 atom stereocenters. The zero-order chi connectivity index (χ0) is 13.3. The lowest BCUT2D eigenvalue weighted by Gasteiger charge is -2.10. The molecule has 0 unspecified atom stereocenters. The van der Waals surface area contributed by atoms with Crippen LogP contribution < -0.4 is 16.8 Å². The van der Waals surface area contributed by atoms with Gasteiger partial charge in [-0.2, -0.15) is 0 Å². The Kier molecular flexibility index (Phi) is 3.51. The molecule has 4 nitrogen and oxygen atoms in total. The van der Waals surface area contributed by atoms with Gasteiger partial charge < -0.3 is 16.8 Å². The lowest BCUT2D eigenvalue weighted by Crippen LogP contribution is -2.24. The highest BCUT2D eigenvalue weighted by Gasteiger charge is 2.28. The third-order valence-corrected chi connectivity index (χ3v) is 1.86. The largest absolute Gasteiger partial charge is 0.376 e. The first kappa shape index (κ1) is 13.2. The van der Waals surface area contributed by atoms with Gasteiger partial charge in [0.25, 0.3) is 5.91 Å². The van der Waals surface area contributed by atoms with E-state index in [0.717, 1.165) is 0 Å². The predicted octanol–water partition coefficient (Wildman–Crippen LogP) is 0.997. The van der Waals surface area contributed by atoms with Crippen LogP contribution in [0.3, 0.4) is 0 Å². The van der Waals surface area contributed by atoms with E-state index in [4.69, 9.17) is 5.73 Å². The van der Waals surface area contributed by atoms with Gasteiger partial charge in [-0.25, -0.2) is 17.6 Å². The van der Waals surface area contributed by atoms with Gasteiger partial charge in [-0.3, -0.25) is 4.79 Å². The number of carbonyl (C=O) groups is 1. The number of benzene rings is 1. The maximum Gasteiger partial charge on any atom is 0.254 e. The van der Waals surface area contributed by atoms with Crippen molar-refractivity contribution in [3.63, 3.8) is 0 Å². The van der Waals surface area contributed by atoms with Crippen LogP contribution in [0.2, 0.25) is 0 Å². The fraction of sp³-hybridized carbons (Fsp3) is 0. The van der Waals surface area contributed by atoms with Gasteiger partial charge in [-0.05, 0) is 12.2 Å². The molecule has 0 radical (unpaired) electrons. The third kappa shape index (κ3) is 2.28. The Bertz CT molecular complexity index is 491. The molecule has 0 spiro atoms. The number of halogens is 4. The van der Waals surface area contributed by atoms with Crippen molar-refractivity contribution in [1.29, 1.82) is 0 Å². The monoisotopic (exact) mass is 267 g/mol. The molecule has 0 heterocycles. The predicted molar refractivity (Wildman–Crippen MR) is 55.2 cm³/mol. The first-order valence-electron chi connectivity index (χ1n) is 3.99. The normalized spacial score (nSPS) is 10.1. The van der Waals surface area contributed by atoms with E-state index in [0.29, 0.717) is 0 Å². The van der Waals surface area contributed by atoms with Gasteiger partial charge in [0.1, 0.15) is 11.3 Å². The number of nitrogens with two attached hydrogens (primary N) is 2. The van der Waals surface area contributed by atoms with E-state index in [9.17, 15) is 22.4 Å². The molecule has 1 aromatic rings. The summed E-state index contributed by atoms with van der Waals surface area (Å²) >= 11 is 4.26. The van der Waals surface area contributed by atoms with Gasteiger partial charge in [0, 0.05) is 0 Å². The van der Waals surface area contributed by atoms with Gasteiger partial charge >= 0.3 is 0 Å². The Balaban J connectivity index is 3.58. The van der Waals surface area contributed by atoms with E-state index in [1.165, 1.54) is 0 Å². The molecule has 9 heteroatoms. The second-order valence-electron chi connectivity index (χ2n) is 2.86.